The van der Waals surface area contributed by atoms with Crippen molar-refractivity contribution in [1.82, 2.24) is 15.5 Å². The first-order chi connectivity index (χ1) is 20.2. The van der Waals surface area contributed by atoms with Gasteiger partial charge in [-0.1, -0.05) is 67.1 Å². The van der Waals surface area contributed by atoms with Crippen LogP contribution in [0.5, 0.6) is 0 Å². The molecule has 2 aliphatic rings. The third-order valence-electron chi connectivity index (χ3n) is 8.45. The molecule has 0 atom stereocenters. The van der Waals surface area contributed by atoms with E-state index in [-0.39, 0.29) is 11.9 Å². The molecule has 1 heterocycles. The molecule has 9 heteroatoms. The molecule has 0 saturated carbocycles. The van der Waals surface area contributed by atoms with E-state index in [0.29, 0.717) is 18.4 Å². The predicted molar refractivity (Wildman–Crippen MR) is 161 cm³/mol. The normalized spacial score (nSPS) is 16.5. The molecule has 222 valence electrons. The number of carbonyl (C=O) groups excluding carboxylic acids is 2. The number of halogens is 3. The SMILES string of the molecule is CSc1ccccc1C(=O)NC1CCN(CCCCC2(C(=O)NCC(F)(F)F)c3ccccc3-c3ccccc32)CC1. The highest BCUT2D eigenvalue weighted by Crippen LogP contribution is 2.51. The van der Waals surface area contributed by atoms with Crippen molar-refractivity contribution in [2.45, 2.75) is 54.6 Å². The predicted octanol–water partition coefficient (Wildman–Crippen LogP) is 6.42. The average molecular weight is 596 g/mol. The lowest BCUT2D eigenvalue weighted by atomic mass is 9.73. The maximum absolute atomic E-state index is 13.6. The second-order valence-electron chi connectivity index (χ2n) is 11.0. The van der Waals surface area contributed by atoms with Crippen LogP contribution < -0.4 is 10.6 Å². The van der Waals surface area contributed by atoms with Crippen LogP contribution >= 0.6 is 11.8 Å². The smallest absolute Gasteiger partial charge is 0.349 e. The van der Waals surface area contributed by atoms with Crippen LogP contribution in [-0.2, 0) is 10.2 Å². The van der Waals surface area contributed by atoms with Gasteiger partial charge in [0.05, 0.1) is 5.56 Å². The summed E-state index contributed by atoms with van der Waals surface area (Å²) in [7, 11) is 0. The fourth-order valence-electron chi connectivity index (χ4n) is 6.41. The number of thioether (sulfide) groups is 1. The first-order valence-corrected chi connectivity index (χ1v) is 15.7. The van der Waals surface area contributed by atoms with Crippen LogP contribution in [0.4, 0.5) is 13.2 Å². The Morgan fingerprint density at radius 2 is 1.50 bits per heavy atom. The maximum Gasteiger partial charge on any atom is 0.405 e. The van der Waals surface area contributed by atoms with Gasteiger partial charge >= 0.3 is 6.18 Å². The Labute approximate surface area is 249 Å². The van der Waals surface area contributed by atoms with Gasteiger partial charge in [-0.25, -0.2) is 0 Å². The number of likely N-dealkylation sites (tertiary alicyclic amines) is 1. The molecule has 2 amide bonds. The lowest BCUT2D eigenvalue weighted by Crippen LogP contribution is -2.47. The fourth-order valence-corrected chi connectivity index (χ4v) is 7.00. The van der Waals surface area contributed by atoms with Crippen molar-refractivity contribution in [3.05, 3.63) is 89.5 Å². The number of rotatable bonds is 10. The van der Waals surface area contributed by atoms with E-state index in [9.17, 15) is 22.8 Å². The molecule has 5 rings (SSSR count). The van der Waals surface area contributed by atoms with Gasteiger partial charge in [-0.3, -0.25) is 9.59 Å². The van der Waals surface area contributed by atoms with Gasteiger partial charge in [0.2, 0.25) is 5.91 Å². The van der Waals surface area contributed by atoms with E-state index in [1.807, 2.05) is 79.1 Å². The van der Waals surface area contributed by atoms with Crippen LogP contribution in [0.2, 0.25) is 0 Å². The highest BCUT2D eigenvalue weighted by Gasteiger charge is 2.49. The minimum Gasteiger partial charge on any atom is -0.349 e. The van der Waals surface area contributed by atoms with Crippen LogP contribution in [0.25, 0.3) is 11.1 Å². The monoisotopic (exact) mass is 595 g/mol. The summed E-state index contributed by atoms with van der Waals surface area (Å²) in [6.07, 6.45) is 1.12. The molecule has 0 radical (unpaired) electrons. The first-order valence-electron chi connectivity index (χ1n) is 14.4. The molecule has 0 unspecified atom stereocenters. The minimum atomic E-state index is -4.49. The van der Waals surface area contributed by atoms with E-state index in [1.165, 1.54) is 0 Å². The number of nitrogens with one attached hydrogen (secondary N) is 2. The van der Waals surface area contributed by atoms with E-state index < -0.39 is 24.0 Å². The van der Waals surface area contributed by atoms with Gasteiger partial charge < -0.3 is 15.5 Å². The molecule has 0 spiro atoms. The van der Waals surface area contributed by atoms with Crippen molar-refractivity contribution in [1.29, 1.82) is 0 Å². The van der Waals surface area contributed by atoms with Crippen molar-refractivity contribution in [2.24, 2.45) is 0 Å². The number of hydrogen-bond acceptors (Lipinski definition) is 4. The third kappa shape index (κ3) is 6.37. The average Bonchev–Trinajstić information content (AvgIpc) is 3.29. The second-order valence-corrected chi connectivity index (χ2v) is 11.9. The van der Waals surface area contributed by atoms with E-state index in [1.54, 1.807) is 11.8 Å². The fraction of sp³-hybridized carbons (Fsp3) is 0.394. The number of nitrogens with zero attached hydrogens (tertiary/aromatic N) is 1. The number of fused-ring (bicyclic) bond motifs is 3. The van der Waals surface area contributed by atoms with Gasteiger partial charge in [-0.2, -0.15) is 13.2 Å². The number of amides is 2. The topological polar surface area (TPSA) is 61.4 Å². The molecule has 0 aromatic heterocycles. The molecular weight excluding hydrogens is 559 g/mol. The van der Waals surface area contributed by atoms with Crippen molar-refractivity contribution in [3.8, 4) is 11.1 Å². The Bertz CT molecular complexity index is 1370. The summed E-state index contributed by atoms with van der Waals surface area (Å²) in [5.41, 5.74) is 2.88. The van der Waals surface area contributed by atoms with Gasteiger partial charge in [0.1, 0.15) is 12.0 Å². The molecule has 1 saturated heterocycles. The molecule has 2 N–H and O–H groups in total. The number of alkyl halides is 3. The number of hydrogen-bond donors (Lipinski definition) is 2. The Balaban J connectivity index is 1.20. The summed E-state index contributed by atoms with van der Waals surface area (Å²) in [5, 5.41) is 5.40. The van der Waals surface area contributed by atoms with Crippen LogP contribution in [-0.4, -0.2) is 61.4 Å². The minimum absolute atomic E-state index is 0.0374. The highest BCUT2D eigenvalue weighted by molar-refractivity contribution is 7.98. The van der Waals surface area contributed by atoms with Gasteiger partial charge in [-0.15, -0.1) is 11.8 Å². The first kappa shape index (κ1) is 30.2. The zero-order valence-corrected chi connectivity index (χ0v) is 24.5. The van der Waals surface area contributed by atoms with Gasteiger partial charge in [0.15, 0.2) is 0 Å². The van der Waals surface area contributed by atoms with Crippen molar-refractivity contribution < 1.29 is 22.8 Å². The quantitative estimate of drug-likeness (QED) is 0.210. The molecule has 3 aromatic carbocycles. The molecule has 0 bridgehead atoms. The Morgan fingerprint density at radius 1 is 0.905 bits per heavy atom. The van der Waals surface area contributed by atoms with Crippen molar-refractivity contribution in [3.63, 3.8) is 0 Å². The van der Waals surface area contributed by atoms with E-state index in [4.69, 9.17) is 0 Å². The zero-order chi connectivity index (χ0) is 29.7. The Morgan fingerprint density at radius 3 is 2.12 bits per heavy atom. The molecule has 1 aliphatic heterocycles. The molecule has 1 aliphatic carbocycles. The van der Waals surface area contributed by atoms with Gasteiger partial charge in [-0.05, 0) is 72.9 Å². The molecule has 1 fully saturated rings. The van der Waals surface area contributed by atoms with Gasteiger partial charge in [0.25, 0.3) is 5.91 Å². The number of piperidine rings is 1. The van der Waals surface area contributed by atoms with Gasteiger partial charge in [0, 0.05) is 24.0 Å². The number of benzene rings is 3. The van der Waals surface area contributed by atoms with E-state index in [0.717, 1.165) is 66.0 Å². The molecule has 42 heavy (non-hydrogen) atoms. The summed E-state index contributed by atoms with van der Waals surface area (Å²) in [4.78, 5) is 29.8. The number of carbonyl (C=O) groups is 2. The lowest BCUT2D eigenvalue weighted by molar-refractivity contribution is -0.141. The van der Waals surface area contributed by atoms with Crippen LogP contribution in [0.3, 0.4) is 0 Å². The summed E-state index contributed by atoms with van der Waals surface area (Å²) >= 11 is 1.56. The van der Waals surface area contributed by atoms with Crippen LogP contribution in [0.15, 0.2) is 77.7 Å². The largest absolute Gasteiger partial charge is 0.405 e. The maximum atomic E-state index is 13.6. The molecule has 3 aromatic rings. The van der Waals surface area contributed by atoms with Crippen LogP contribution in [0.1, 0.15) is 53.6 Å². The summed E-state index contributed by atoms with van der Waals surface area (Å²) in [6, 6.07) is 22.9. The third-order valence-corrected chi connectivity index (χ3v) is 9.25. The number of unbranched alkanes of at least 4 members (excludes halogenated alkanes) is 1. The second kappa shape index (κ2) is 12.9. The summed E-state index contributed by atoms with van der Waals surface area (Å²) in [5.74, 6) is -0.638. The Kier molecular flexibility index (Phi) is 9.28. The molecular formula is C33H36F3N3O2S. The van der Waals surface area contributed by atoms with Crippen molar-refractivity contribution >= 4 is 23.6 Å². The lowest BCUT2D eigenvalue weighted by Gasteiger charge is -2.33. The molecule has 5 nitrogen and oxygen atoms in total. The summed E-state index contributed by atoms with van der Waals surface area (Å²) < 4.78 is 39.3. The summed E-state index contributed by atoms with van der Waals surface area (Å²) in [6.45, 7) is 1.20. The highest BCUT2D eigenvalue weighted by atomic mass is 32.2. The Hall–Kier alpha value is -3.30. The zero-order valence-electron chi connectivity index (χ0n) is 23.7. The van der Waals surface area contributed by atoms with Crippen molar-refractivity contribution in [2.75, 3.05) is 32.4 Å². The van der Waals surface area contributed by atoms with E-state index >= 15 is 0 Å². The van der Waals surface area contributed by atoms with E-state index in [2.05, 4.69) is 15.5 Å². The standard InChI is InChI=1S/C33H36F3N3O2S/c1-42-29-15-7-4-12-26(29)30(40)38-23-16-20-39(21-17-23)19-9-8-18-32(31(41)37-22-33(34,35)36)27-13-5-2-10-24(27)25-11-3-6-14-28(25)32/h2-7,10-15,23H,8-9,16-22H2,1H3,(H,37,41)(H,38,40). The van der Waals surface area contributed by atoms with Crippen LogP contribution in [0, 0.1) is 0 Å².